The first-order valence-electron chi connectivity index (χ1n) is 9.28. The Bertz CT molecular complexity index is 656. The highest BCUT2D eigenvalue weighted by Gasteiger charge is 2.24. The van der Waals surface area contributed by atoms with Crippen molar-refractivity contribution in [1.29, 1.82) is 0 Å². The third-order valence-corrected chi connectivity index (χ3v) is 4.73. The van der Waals surface area contributed by atoms with E-state index in [4.69, 9.17) is 0 Å². The first kappa shape index (κ1) is 16.9. The van der Waals surface area contributed by atoms with E-state index in [1.54, 1.807) is 0 Å². The molecule has 0 radical (unpaired) electrons. The maximum absolute atomic E-state index is 11.2. The Morgan fingerprint density at radius 1 is 1.12 bits per heavy atom. The first-order valence-corrected chi connectivity index (χ1v) is 9.28. The number of unbranched alkanes of at least 4 members (excludes halogenated alkanes) is 3. The summed E-state index contributed by atoms with van der Waals surface area (Å²) in [6, 6.07) is 4.29. The molecule has 1 aliphatic carbocycles. The largest absolute Gasteiger partial charge is 0.342 e. The predicted octanol–water partition coefficient (Wildman–Crippen LogP) is 4.82. The van der Waals surface area contributed by atoms with Gasteiger partial charge in [0.15, 0.2) is 0 Å². The second-order valence-electron chi connectivity index (χ2n) is 6.80. The van der Waals surface area contributed by atoms with Gasteiger partial charge in [0.2, 0.25) is 0 Å². The molecule has 2 aromatic rings. The summed E-state index contributed by atoms with van der Waals surface area (Å²) in [6.45, 7) is 1.94. The molecule has 0 amide bonds. The molecule has 1 aliphatic rings. The highest BCUT2D eigenvalue weighted by Crippen LogP contribution is 2.39. The number of aryl methyl sites for hydroxylation is 1. The molecule has 1 fully saturated rings. The molecule has 24 heavy (non-hydrogen) atoms. The number of Topliss-reactive ketones (excluding diaryl/α,β-unsaturated/α-hetero) is 1. The van der Waals surface area contributed by atoms with Gasteiger partial charge in [-0.05, 0) is 37.8 Å². The lowest BCUT2D eigenvalue weighted by Crippen LogP contribution is -1.94. The summed E-state index contributed by atoms with van der Waals surface area (Å²) in [5, 5.41) is 0. The molecule has 128 valence electrons. The Hall–Kier alpha value is -1.97. The number of rotatable bonds is 10. The molecule has 0 bridgehead atoms. The van der Waals surface area contributed by atoms with Gasteiger partial charge < -0.3 is 4.98 Å². The second-order valence-corrected chi connectivity index (χ2v) is 6.80. The smallest absolute Gasteiger partial charge is 0.132 e. The van der Waals surface area contributed by atoms with E-state index in [1.807, 2.05) is 19.3 Å². The van der Waals surface area contributed by atoms with Crippen LogP contribution in [0.15, 0.2) is 24.5 Å². The van der Waals surface area contributed by atoms with Crippen LogP contribution in [0.2, 0.25) is 0 Å². The molecule has 2 aromatic heterocycles. The van der Waals surface area contributed by atoms with Gasteiger partial charge in [-0.2, -0.15) is 0 Å². The minimum atomic E-state index is 0.381. The maximum Gasteiger partial charge on any atom is 0.132 e. The molecular weight excluding hydrogens is 298 g/mol. The van der Waals surface area contributed by atoms with Crippen molar-refractivity contribution >= 4 is 5.78 Å². The minimum Gasteiger partial charge on any atom is -0.342 e. The van der Waals surface area contributed by atoms with Crippen LogP contribution < -0.4 is 0 Å². The summed E-state index contributed by atoms with van der Waals surface area (Å²) >= 11 is 0. The second kappa shape index (κ2) is 8.22. The zero-order valence-corrected chi connectivity index (χ0v) is 14.6. The van der Waals surface area contributed by atoms with Gasteiger partial charge in [0.05, 0.1) is 11.9 Å². The van der Waals surface area contributed by atoms with E-state index in [0.29, 0.717) is 18.1 Å². The number of hydrogen-bond acceptors (Lipinski definition) is 3. The molecule has 2 heterocycles. The zero-order chi connectivity index (χ0) is 16.8. The fraction of sp³-hybridized carbons (Fsp3) is 0.550. The van der Waals surface area contributed by atoms with Crippen LogP contribution in [0.25, 0.3) is 11.3 Å². The third kappa shape index (κ3) is 4.76. The summed E-state index contributed by atoms with van der Waals surface area (Å²) in [5.41, 5.74) is 3.38. The quantitative estimate of drug-likeness (QED) is 0.637. The number of hydrogen-bond donors (Lipinski definition) is 1. The summed E-state index contributed by atoms with van der Waals surface area (Å²) in [6.07, 6.45) is 13.2. The predicted molar refractivity (Wildman–Crippen MR) is 95.9 cm³/mol. The number of ketones is 1. The molecule has 3 rings (SSSR count). The zero-order valence-electron chi connectivity index (χ0n) is 14.6. The van der Waals surface area contributed by atoms with E-state index in [9.17, 15) is 4.79 Å². The molecule has 4 nitrogen and oxygen atoms in total. The molecule has 0 unspecified atom stereocenters. The number of aromatic nitrogens is 3. The number of pyridine rings is 1. The van der Waals surface area contributed by atoms with Gasteiger partial charge in [-0.15, -0.1) is 0 Å². The van der Waals surface area contributed by atoms with Gasteiger partial charge in [0, 0.05) is 42.6 Å². The number of aromatic amines is 1. The fourth-order valence-electron chi connectivity index (χ4n) is 2.97. The van der Waals surface area contributed by atoms with Crippen LogP contribution in [0.4, 0.5) is 0 Å². The van der Waals surface area contributed by atoms with E-state index in [1.165, 1.54) is 18.5 Å². The molecule has 1 N–H and O–H groups in total. The van der Waals surface area contributed by atoms with Crippen molar-refractivity contribution in [2.45, 2.75) is 70.6 Å². The summed E-state index contributed by atoms with van der Waals surface area (Å²) in [7, 11) is 0. The van der Waals surface area contributed by atoms with Gasteiger partial charge in [-0.25, -0.2) is 4.98 Å². The lowest BCUT2D eigenvalue weighted by molar-refractivity contribution is -0.118. The molecule has 0 aromatic carbocycles. The molecule has 4 heteroatoms. The van der Waals surface area contributed by atoms with Crippen molar-refractivity contribution in [2.24, 2.45) is 0 Å². The highest BCUT2D eigenvalue weighted by atomic mass is 16.1. The van der Waals surface area contributed by atoms with Crippen molar-refractivity contribution in [3.63, 3.8) is 0 Å². The van der Waals surface area contributed by atoms with Gasteiger partial charge in [0.25, 0.3) is 0 Å². The molecule has 0 atom stereocenters. The average molecular weight is 325 g/mol. The van der Waals surface area contributed by atoms with E-state index < -0.39 is 0 Å². The SMILES string of the molecule is CCC(=O)CCCCCCc1ncc(-c2ccc(C3CC3)nc2)[nH]1. The number of imidazole rings is 1. The van der Waals surface area contributed by atoms with Crippen LogP contribution in [-0.4, -0.2) is 20.7 Å². The Morgan fingerprint density at radius 2 is 1.96 bits per heavy atom. The topological polar surface area (TPSA) is 58.6 Å². The Morgan fingerprint density at radius 3 is 2.67 bits per heavy atom. The number of nitrogens with one attached hydrogen (secondary N) is 1. The van der Waals surface area contributed by atoms with Crippen LogP contribution in [0, 0.1) is 0 Å². The first-order chi connectivity index (χ1) is 11.8. The summed E-state index contributed by atoms with van der Waals surface area (Å²) in [4.78, 5) is 23.7. The van der Waals surface area contributed by atoms with Crippen LogP contribution >= 0.6 is 0 Å². The van der Waals surface area contributed by atoms with Crippen molar-refractivity contribution < 1.29 is 4.79 Å². The lowest BCUT2D eigenvalue weighted by atomic mass is 10.1. The van der Waals surface area contributed by atoms with Crippen LogP contribution in [0.1, 0.15) is 75.7 Å². The number of nitrogens with zero attached hydrogens (tertiary/aromatic N) is 2. The summed E-state index contributed by atoms with van der Waals surface area (Å²) < 4.78 is 0. The fourth-order valence-corrected chi connectivity index (χ4v) is 2.97. The standard InChI is InChI=1S/C20H27N3O/c1-2-17(24)7-5-3-4-6-8-20-22-14-19(23-20)16-11-12-18(21-13-16)15-9-10-15/h11-15H,2-10H2,1H3,(H,22,23). The van der Waals surface area contributed by atoms with E-state index in [2.05, 4.69) is 27.1 Å². The van der Waals surface area contributed by atoms with Gasteiger partial charge in [-0.1, -0.05) is 19.8 Å². The molecule has 1 saturated carbocycles. The Balaban J connectivity index is 1.41. The van der Waals surface area contributed by atoms with Gasteiger partial charge >= 0.3 is 0 Å². The van der Waals surface area contributed by atoms with Crippen molar-refractivity contribution in [1.82, 2.24) is 15.0 Å². The number of carbonyl (C=O) groups is 1. The molecule has 0 aliphatic heterocycles. The third-order valence-electron chi connectivity index (χ3n) is 4.73. The monoisotopic (exact) mass is 325 g/mol. The van der Waals surface area contributed by atoms with Crippen molar-refractivity contribution in [3.05, 3.63) is 36.0 Å². The molecule has 0 saturated heterocycles. The van der Waals surface area contributed by atoms with Crippen LogP contribution in [-0.2, 0) is 11.2 Å². The lowest BCUT2D eigenvalue weighted by Gasteiger charge is -2.01. The summed E-state index contributed by atoms with van der Waals surface area (Å²) in [5.74, 6) is 2.12. The van der Waals surface area contributed by atoms with Crippen LogP contribution in [0.3, 0.4) is 0 Å². The number of H-pyrrole nitrogens is 1. The Labute approximate surface area is 144 Å². The maximum atomic E-state index is 11.2. The number of carbonyl (C=O) groups excluding carboxylic acids is 1. The van der Waals surface area contributed by atoms with Crippen molar-refractivity contribution in [2.75, 3.05) is 0 Å². The van der Waals surface area contributed by atoms with E-state index >= 15 is 0 Å². The highest BCUT2D eigenvalue weighted by molar-refractivity contribution is 5.77. The molecular formula is C20H27N3O. The van der Waals surface area contributed by atoms with Gasteiger partial charge in [0.1, 0.15) is 11.6 Å². The normalized spacial score (nSPS) is 14.0. The minimum absolute atomic E-state index is 0.381. The van der Waals surface area contributed by atoms with E-state index in [-0.39, 0.29) is 0 Å². The average Bonchev–Trinajstić information content (AvgIpc) is 3.36. The van der Waals surface area contributed by atoms with Gasteiger partial charge in [-0.3, -0.25) is 9.78 Å². The Kier molecular flexibility index (Phi) is 5.78. The molecule has 0 spiro atoms. The van der Waals surface area contributed by atoms with Crippen LogP contribution in [0.5, 0.6) is 0 Å². The van der Waals surface area contributed by atoms with E-state index in [0.717, 1.165) is 55.6 Å². The van der Waals surface area contributed by atoms with Crippen molar-refractivity contribution in [3.8, 4) is 11.3 Å².